The highest BCUT2D eigenvalue weighted by atomic mass is 32.2. The zero-order valence-corrected chi connectivity index (χ0v) is 16.8. The molecule has 146 valence electrons. The third-order valence-electron chi connectivity index (χ3n) is 4.86. The molecule has 0 atom stereocenters. The molecule has 0 aliphatic carbocycles. The van der Waals surface area contributed by atoms with Crippen molar-refractivity contribution in [1.82, 2.24) is 4.98 Å². The number of nitrogens with zero attached hydrogens (tertiary/aromatic N) is 3. The van der Waals surface area contributed by atoms with E-state index in [1.54, 1.807) is 45.2 Å². The lowest BCUT2D eigenvalue weighted by Gasteiger charge is -2.25. The average molecular weight is 392 g/mol. The third-order valence-corrected chi connectivity index (χ3v) is 7.26. The lowest BCUT2D eigenvalue weighted by Crippen LogP contribution is -2.31. The van der Waals surface area contributed by atoms with Crippen LogP contribution in [0.3, 0.4) is 0 Å². The topological polar surface area (TPSA) is 53.5 Å². The van der Waals surface area contributed by atoms with Gasteiger partial charge in [-0.25, -0.2) is 17.8 Å². The molecule has 7 heteroatoms. The maximum atomic E-state index is 13.1. The number of sulfone groups is 1. The Morgan fingerprint density at radius 2 is 1.44 bits per heavy atom. The minimum atomic E-state index is -3.45. The Morgan fingerprint density at radius 1 is 0.889 bits per heavy atom. The summed E-state index contributed by atoms with van der Waals surface area (Å²) in [6.07, 6.45) is 2.60. The maximum Gasteiger partial charge on any atom is 0.200 e. The molecular weight excluding hydrogens is 365 g/mol. The van der Waals surface area contributed by atoms with Gasteiger partial charge in [-0.05, 0) is 63.6 Å². The molecule has 1 aromatic carbocycles. The van der Waals surface area contributed by atoms with Crippen LogP contribution in [0.5, 0.6) is 0 Å². The molecule has 0 spiro atoms. The largest absolute Gasteiger partial charge is 0.370 e. The van der Waals surface area contributed by atoms with Crippen LogP contribution in [0.2, 0.25) is 0 Å². The Morgan fingerprint density at radius 3 is 1.96 bits per heavy atom. The van der Waals surface area contributed by atoms with Crippen molar-refractivity contribution in [2.24, 2.45) is 0 Å². The van der Waals surface area contributed by atoms with Crippen molar-refractivity contribution in [2.45, 2.75) is 37.0 Å². The van der Waals surface area contributed by atoms with E-state index in [0.717, 1.165) is 44.0 Å². The van der Waals surface area contributed by atoms with E-state index in [4.69, 9.17) is 0 Å². The second kappa shape index (κ2) is 7.46. The molecule has 0 saturated carbocycles. The first kappa shape index (κ1) is 19.6. The standard InChI is InChI=1S/C20H26FN3O2S/c1-20(2,3)27(25,26)19-10-9-18(15-22-19)24-12-4-11-23(13-14-24)17-7-5-16(21)6-8-17/h5-10,15H,4,11-14H2,1-3H3. The zero-order chi connectivity index (χ0) is 19.7. The molecule has 0 unspecified atom stereocenters. The second-order valence-corrected chi connectivity index (χ2v) is 10.4. The van der Waals surface area contributed by atoms with Crippen molar-refractivity contribution in [3.05, 3.63) is 48.4 Å². The minimum absolute atomic E-state index is 0.113. The van der Waals surface area contributed by atoms with E-state index in [1.165, 1.54) is 12.1 Å². The molecule has 5 nitrogen and oxygen atoms in total. The van der Waals surface area contributed by atoms with Crippen molar-refractivity contribution >= 4 is 21.2 Å². The second-order valence-electron chi connectivity index (χ2n) is 7.77. The van der Waals surface area contributed by atoms with Crippen molar-refractivity contribution < 1.29 is 12.8 Å². The van der Waals surface area contributed by atoms with Crippen LogP contribution in [-0.2, 0) is 9.84 Å². The first-order chi connectivity index (χ1) is 12.7. The predicted molar refractivity (Wildman–Crippen MR) is 107 cm³/mol. The van der Waals surface area contributed by atoms with Gasteiger partial charge in [0.2, 0.25) is 0 Å². The molecule has 3 rings (SSSR count). The minimum Gasteiger partial charge on any atom is -0.370 e. The van der Waals surface area contributed by atoms with E-state index in [9.17, 15) is 12.8 Å². The van der Waals surface area contributed by atoms with Crippen molar-refractivity contribution in [2.75, 3.05) is 36.0 Å². The Hall–Kier alpha value is -2.15. The number of rotatable bonds is 3. The van der Waals surface area contributed by atoms with Crippen LogP contribution in [0.4, 0.5) is 15.8 Å². The highest BCUT2D eigenvalue weighted by Crippen LogP contribution is 2.25. The summed E-state index contributed by atoms with van der Waals surface area (Å²) in [6, 6.07) is 10.0. The SMILES string of the molecule is CC(C)(C)S(=O)(=O)c1ccc(N2CCCN(c3ccc(F)cc3)CC2)cn1. The van der Waals surface area contributed by atoms with E-state index in [0.29, 0.717) is 0 Å². The van der Waals surface area contributed by atoms with Gasteiger partial charge in [0, 0.05) is 31.9 Å². The van der Waals surface area contributed by atoms with E-state index in [-0.39, 0.29) is 10.8 Å². The van der Waals surface area contributed by atoms with Crippen LogP contribution in [0, 0.1) is 5.82 Å². The normalized spacial score (nSPS) is 16.3. The number of benzene rings is 1. The first-order valence-electron chi connectivity index (χ1n) is 9.15. The van der Waals surface area contributed by atoms with E-state index >= 15 is 0 Å². The van der Waals surface area contributed by atoms with Crippen molar-refractivity contribution in [3.8, 4) is 0 Å². The molecule has 1 aliphatic heterocycles. The highest BCUT2D eigenvalue weighted by Gasteiger charge is 2.32. The number of anilines is 2. The van der Waals surface area contributed by atoms with E-state index in [1.807, 2.05) is 6.07 Å². The van der Waals surface area contributed by atoms with Crippen LogP contribution in [0.25, 0.3) is 0 Å². The lowest BCUT2D eigenvalue weighted by molar-refractivity contribution is 0.556. The fourth-order valence-corrected chi connectivity index (χ4v) is 4.18. The maximum absolute atomic E-state index is 13.1. The number of pyridine rings is 1. The third kappa shape index (κ3) is 4.24. The molecule has 27 heavy (non-hydrogen) atoms. The molecular formula is C20H26FN3O2S. The fourth-order valence-electron chi connectivity index (χ4n) is 3.12. The van der Waals surface area contributed by atoms with Crippen LogP contribution in [-0.4, -0.2) is 44.3 Å². The summed E-state index contributed by atoms with van der Waals surface area (Å²) in [7, 11) is -3.45. The molecule has 0 radical (unpaired) electrons. The Bertz CT molecular complexity index is 875. The zero-order valence-electron chi connectivity index (χ0n) is 16.0. The van der Waals surface area contributed by atoms with Gasteiger partial charge in [0.1, 0.15) is 5.82 Å². The quantitative estimate of drug-likeness (QED) is 0.801. The van der Waals surface area contributed by atoms with Gasteiger partial charge in [-0.3, -0.25) is 0 Å². The van der Waals surface area contributed by atoms with Gasteiger partial charge in [0.15, 0.2) is 14.9 Å². The van der Waals surface area contributed by atoms with Crippen LogP contribution >= 0.6 is 0 Å². The summed E-state index contributed by atoms with van der Waals surface area (Å²) in [4.78, 5) is 8.68. The molecule has 2 heterocycles. The summed E-state index contributed by atoms with van der Waals surface area (Å²) >= 11 is 0. The molecule has 1 aliphatic rings. The Balaban J connectivity index is 1.72. The van der Waals surface area contributed by atoms with Crippen LogP contribution < -0.4 is 9.80 Å². The predicted octanol–water partition coefficient (Wildman–Crippen LogP) is 3.51. The Kier molecular flexibility index (Phi) is 5.42. The molecule has 0 N–H and O–H groups in total. The summed E-state index contributed by atoms with van der Waals surface area (Å²) in [6.45, 7) is 8.40. The summed E-state index contributed by atoms with van der Waals surface area (Å²) < 4.78 is 37.3. The van der Waals surface area contributed by atoms with Crippen molar-refractivity contribution in [3.63, 3.8) is 0 Å². The van der Waals surface area contributed by atoms with E-state index < -0.39 is 14.6 Å². The van der Waals surface area contributed by atoms with Gasteiger partial charge in [-0.1, -0.05) is 0 Å². The molecule has 2 aromatic rings. The van der Waals surface area contributed by atoms with Gasteiger partial charge in [0.05, 0.1) is 16.6 Å². The first-order valence-corrected chi connectivity index (χ1v) is 10.6. The molecule has 0 amide bonds. The van der Waals surface area contributed by atoms with Gasteiger partial charge < -0.3 is 9.80 Å². The highest BCUT2D eigenvalue weighted by molar-refractivity contribution is 7.92. The number of hydrogen-bond acceptors (Lipinski definition) is 5. The van der Waals surface area contributed by atoms with E-state index in [2.05, 4.69) is 14.8 Å². The number of hydrogen-bond donors (Lipinski definition) is 0. The number of halogens is 1. The summed E-state index contributed by atoms with van der Waals surface area (Å²) in [5.41, 5.74) is 1.94. The van der Waals surface area contributed by atoms with Gasteiger partial charge >= 0.3 is 0 Å². The van der Waals surface area contributed by atoms with Gasteiger partial charge in [-0.2, -0.15) is 0 Å². The molecule has 1 fully saturated rings. The van der Waals surface area contributed by atoms with Gasteiger partial charge in [-0.15, -0.1) is 0 Å². The molecule has 0 bridgehead atoms. The average Bonchev–Trinajstić information content (AvgIpc) is 2.88. The van der Waals surface area contributed by atoms with Crippen molar-refractivity contribution in [1.29, 1.82) is 0 Å². The van der Waals surface area contributed by atoms with Crippen LogP contribution in [0.1, 0.15) is 27.2 Å². The summed E-state index contributed by atoms with van der Waals surface area (Å²) in [5, 5.41) is 0.113. The molecule has 1 saturated heterocycles. The van der Waals surface area contributed by atoms with Crippen LogP contribution in [0.15, 0.2) is 47.6 Å². The fraction of sp³-hybridized carbons (Fsp3) is 0.450. The smallest absolute Gasteiger partial charge is 0.200 e. The van der Waals surface area contributed by atoms with Gasteiger partial charge in [0.25, 0.3) is 0 Å². The lowest BCUT2D eigenvalue weighted by atomic mass is 10.2. The Labute approximate surface area is 160 Å². The molecule has 1 aromatic heterocycles. The summed E-state index contributed by atoms with van der Waals surface area (Å²) in [5.74, 6) is -0.230. The number of aromatic nitrogens is 1. The monoisotopic (exact) mass is 391 g/mol.